The summed E-state index contributed by atoms with van der Waals surface area (Å²) in [5, 5.41) is 4.18. The van der Waals surface area contributed by atoms with Crippen LogP contribution in [-0.2, 0) is 25.3 Å². The summed E-state index contributed by atoms with van der Waals surface area (Å²) in [5.41, 5.74) is 2.40. The summed E-state index contributed by atoms with van der Waals surface area (Å²) in [5.74, 6) is -0.168. The van der Waals surface area contributed by atoms with Gasteiger partial charge in [0.1, 0.15) is 12.4 Å². The second-order valence-corrected chi connectivity index (χ2v) is 16.9. The van der Waals surface area contributed by atoms with E-state index < -0.39 is 15.0 Å². The fraction of sp³-hybridized carbons (Fsp3) is 0.621. The Morgan fingerprint density at radius 2 is 1.90 bits per heavy atom. The van der Waals surface area contributed by atoms with E-state index in [1.165, 1.54) is 0 Å². The number of anilines is 1. The summed E-state index contributed by atoms with van der Waals surface area (Å²) in [6.07, 6.45) is 5.96. The van der Waals surface area contributed by atoms with Gasteiger partial charge in [-0.2, -0.15) is 0 Å². The number of oxime groups is 1. The quantitative estimate of drug-likeness (QED) is 0.222. The highest BCUT2D eigenvalue weighted by Crippen LogP contribution is 2.37. The van der Waals surface area contributed by atoms with Crippen LogP contribution in [0.4, 0.5) is 14.7 Å². The highest BCUT2D eigenvalue weighted by molar-refractivity contribution is 6.74. The first-order valence-corrected chi connectivity index (χ1v) is 16.9. The molecular weight excluding hydrogens is 534 g/mol. The summed E-state index contributed by atoms with van der Waals surface area (Å²) < 4.78 is 46.1. The second kappa shape index (κ2) is 13.5. The molecule has 4 rings (SSSR count). The Labute approximate surface area is 237 Å². The van der Waals surface area contributed by atoms with Crippen LogP contribution in [0.1, 0.15) is 45.6 Å². The zero-order chi connectivity index (χ0) is 28.8. The van der Waals surface area contributed by atoms with Crippen LogP contribution < -0.4 is 4.90 Å². The van der Waals surface area contributed by atoms with Crippen molar-refractivity contribution in [3.05, 3.63) is 42.0 Å². The average molecular weight is 577 g/mol. The molecule has 2 aliphatic rings. The lowest BCUT2D eigenvalue weighted by atomic mass is 10.1. The smallest absolute Gasteiger partial charge is 0.225 e. The molecule has 2 unspecified atom stereocenters. The number of hydrogen-bond acceptors (Lipinski definition) is 8. The van der Waals surface area contributed by atoms with Crippen molar-refractivity contribution in [2.45, 2.75) is 71.1 Å². The number of hydrogen-bond donors (Lipinski definition) is 0. The van der Waals surface area contributed by atoms with Gasteiger partial charge in [0.05, 0.1) is 38.7 Å². The van der Waals surface area contributed by atoms with E-state index in [-0.39, 0.29) is 42.9 Å². The van der Waals surface area contributed by atoms with Gasteiger partial charge in [0.2, 0.25) is 5.95 Å². The van der Waals surface area contributed by atoms with Crippen molar-refractivity contribution in [3.63, 3.8) is 0 Å². The highest BCUT2D eigenvalue weighted by atomic mass is 28.4. The monoisotopic (exact) mass is 576 g/mol. The molecule has 3 heterocycles. The van der Waals surface area contributed by atoms with Crippen LogP contribution in [0.3, 0.4) is 0 Å². The molecule has 40 heavy (non-hydrogen) atoms. The van der Waals surface area contributed by atoms with Crippen LogP contribution in [-0.4, -0.2) is 69.9 Å². The number of rotatable bonds is 12. The minimum Gasteiger partial charge on any atom is -0.412 e. The van der Waals surface area contributed by atoms with Gasteiger partial charge in [-0.3, -0.25) is 4.39 Å². The molecule has 1 aromatic carbocycles. The normalized spacial score (nSPS) is 18.8. The first-order chi connectivity index (χ1) is 19.1. The molecule has 2 aromatic rings. The van der Waals surface area contributed by atoms with E-state index in [1.54, 1.807) is 24.5 Å². The molecule has 2 aliphatic heterocycles. The van der Waals surface area contributed by atoms with Gasteiger partial charge >= 0.3 is 0 Å². The maximum atomic E-state index is 15.4. The van der Waals surface area contributed by atoms with Crippen LogP contribution in [0.2, 0.25) is 18.1 Å². The fourth-order valence-corrected chi connectivity index (χ4v) is 5.01. The summed E-state index contributed by atoms with van der Waals surface area (Å²) in [6, 6.07) is 5.32. The van der Waals surface area contributed by atoms with Crippen molar-refractivity contribution in [3.8, 4) is 11.1 Å². The molecule has 2 saturated heterocycles. The number of benzene rings is 1. The number of nitrogens with zero attached hydrogens (tertiary/aromatic N) is 4. The summed E-state index contributed by atoms with van der Waals surface area (Å²) in [4.78, 5) is 16.2. The van der Waals surface area contributed by atoms with E-state index in [2.05, 4.69) is 49.0 Å². The zero-order valence-electron chi connectivity index (χ0n) is 24.3. The van der Waals surface area contributed by atoms with Gasteiger partial charge < -0.3 is 23.6 Å². The van der Waals surface area contributed by atoms with Crippen LogP contribution in [0, 0.1) is 11.7 Å². The van der Waals surface area contributed by atoms with E-state index >= 15 is 4.39 Å². The van der Waals surface area contributed by atoms with Crippen molar-refractivity contribution in [2.75, 3.05) is 44.5 Å². The Kier molecular flexibility index (Phi) is 10.3. The molecule has 1 aromatic heterocycles. The molecule has 0 spiro atoms. The minimum atomic E-state index is -2.00. The molecule has 2 atom stereocenters. The Hall–Kier alpha value is -2.47. The third kappa shape index (κ3) is 7.83. The number of halogens is 2. The predicted molar refractivity (Wildman–Crippen MR) is 154 cm³/mol. The number of ether oxygens (including phenoxy) is 2. The maximum absolute atomic E-state index is 15.4. The van der Waals surface area contributed by atoms with E-state index in [0.717, 1.165) is 25.0 Å². The van der Waals surface area contributed by atoms with Gasteiger partial charge in [0.15, 0.2) is 14.6 Å². The topological polar surface area (TPSA) is 78.3 Å². The Bertz CT molecular complexity index is 1130. The molecule has 0 N–H and O–H groups in total. The van der Waals surface area contributed by atoms with Crippen molar-refractivity contribution in [2.24, 2.45) is 11.1 Å². The van der Waals surface area contributed by atoms with Crippen LogP contribution in [0.25, 0.3) is 11.1 Å². The van der Waals surface area contributed by atoms with Crippen molar-refractivity contribution >= 4 is 20.0 Å². The van der Waals surface area contributed by atoms with Gasteiger partial charge in [0, 0.05) is 41.6 Å². The zero-order valence-corrected chi connectivity index (χ0v) is 25.3. The molecule has 8 nitrogen and oxygen atoms in total. The standard InChI is InChI=1S/C29H42F2N4O4Si/c1-29(2,3)40(4,5)39-20-22-9-8-10-25(27(22)31)23-14-32-28(33-15-23)35-16-24(17-35)34-38-19-21(13-30)18-37-26-11-6-7-12-36-26/h8-10,14-15,21,26H,6-7,11-13,16-20H2,1-5H3. The van der Waals surface area contributed by atoms with E-state index in [0.29, 0.717) is 42.3 Å². The molecular formula is C29H42F2N4O4Si. The Morgan fingerprint density at radius 3 is 2.55 bits per heavy atom. The first kappa shape index (κ1) is 30.5. The van der Waals surface area contributed by atoms with Gasteiger partial charge in [-0.1, -0.05) is 44.1 Å². The Morgan fingerprint density at radius 1 is 1.15 bits per heavy atom. The molecule has 0 saturated carbocycles. The van der Waals surface area contributed by atoms with Gasteiger partial charge in [0.25, 0.3) is 0 Å². The lowest BCUT2D eigenvalue weighted by Crippen LogP contribution is -2.48. The predicted octanol–water partition coefficient (Wildman–Crippen LogP) is 6.13. The molecule has 11 heteroatoms. The molecule has 220 valence electrons. The molecule has 0 amide bonds. The molecule has 0 radical (unpaired) electrons. The average Bonchev–Trinajstić information content (AvgIpc) is 2.91. The maximum Gasteiger partial charge on any atom is 0.225 e. The first-order valence-electron chi connectivity index (χ1n) is 14.0. The minimum absolute atomic E-state index is 0.0497. The van der Waals surface area contributed by atoms with E-state index in [4.69, 9.17) is 18.7 Å². The van der Waals surface area contributed by atoms with Gasteiger partial charge in [-0.05, 0) is 37.4 Å². The SMILES string of the molecule is CC(C)(C)[Si](C)(C)OCc1cccc(-c2cnc(N3CC(=NOCC(CF)COC4CCCCO4)C3)nc2)c1F. The summed E-state index contributed by atoms with van der Waals surface area (Å²) >= 11 is 0. The summed E-state index contributed by atoms with van der Waals surface area (Å²) in [7, 11) is -2.00. The number of aromatic nitrogens is 2. The van der Waals surface area contributed by atoms with Crippen molar-refractivity contribution in [1.29, 1.82) is 0 Å². The molecule has 0 aliphatic carbocycles. The van der Waals surface area contributed by atoms with Gasteiger partial charge in [-0.25, -0.2) is 14.4 Å². The fourth-order valence-electron chi connectivity index (χ4n) is 4.06. The van der Waals surface area contributed by atoms with Crippen molar-refractivity contribution < 1.29 is 27.5 Å². The van der Waals surface area contributed by atoms with E-state index in [9.17, 15) is 4.39 Å². The Balaban J connectivity index is 1.26. The largest absolute Gasteiger partial charge is 0.412 e. The highest BCUT2D eigenvalue weighted by Gasteiger charge is 2.37. The number of alkyl halides is 1. The third-order valence-corrected chi connectivity index (χ3v) is 12.3. The van der Waals surface area contributed by atoms with Crippen LogP contribution >= 0.6 is 0 Å². The molecule has 0 bridgehead atoms. The molecule has 2 fully saturated rings. The van der Waals surface area contributed by atoms with Gasteiger partial charge in [-0.15, -0.1) is 0 Å². The second-order valence-electron chi connectivity index (χ2n) is 12.1. The third-order valence-electron chi connectivity index (χ3n) is 7.83. The van der Waals surface area contributed by atoms with Crippen LogP contribution in [0.5, 0.6) is 0 Å². The lowest BCUT2D eigenvalue weighted by Gasteiger charge is -2.36. The van der Waals surface area contributed by atoms with Crippen molar-refractivity contribution in [1.82, 2.24) is 9.97 Å². The van der Waals surface area contributed by atoms with E-state index in [1.807, 2.05) is 11.0 Å². The summed E-state index contributed by atoms with van der Waals surface area (Å²) in [6.45, 7) is 12.6. The van der Waals surface area contributed by atoms with Crippen LogP contribution in [0.15, 0.2) is 35.7 Å². The lowest BCUT2D eigenvalue weighted by molar-refractivity contribution is -0.172.